The predicted molar refractivity (Wildman–Crippen MR) is 75.6 cm³/mol. The second-order valence-corrected chi connectivity index (χ2v) is 6.04. The van der Waals surface area contributed by atoms with Crippen molar-refractivity contribution in [2.75, 3.05) is 13.2 Å². The molecule has 0 aromatic carbocycles. The quantitative estimate of drug-likeness (QED) is 0.779. The molecule has 0 atom stereocenters. The van der Waals surface area contributed by atoms with Gasteiger partial charge in [-0.1, -0.05) is 19.3 Å². The topological polar surface area (TPSA) is 76.7 Å². The summed E-state index contributed by atoms with van der Waals surface area (Å²) in [6, 6.07) is 0.232. The minimum Gasteiger partial charge on any atom is -0.448 e. The van der Waals surface area contributed by atoms with Gasteiger partial charge in [0.05, 0.1) is 6.54 Å². The van der Waals surface area contributed by atoms with Crippen molar-refractivity contribution in [2.24, 2.45) is 0 Å². The highest BCUT2D eigenvalue weighted by atomic mass is 16.6. The van der Waals surface area contributed by atoms with Crippen LogP contribution in [0.3, 0.4) is 0 Å². The standard InChI is InChI=1S/C14H26N2O4/c1-14(2,3)20-12(17)15-9-10-19-13(18)16-11-7-5-4-6-8-11/h11H,4-10H2,1-3H3,(H,15,17)(H,16,18). The van der Waals surface area contributed by atoms with Crippen molar-refractivity contribution in [3.05, 3.63) is 0 Å². The molecule has 1 fully saturated rings. The zero-order valence-corrected chi connectivity index (χ0v) is 12.7. The number of hydrogen-bond donors (Lipinski definition) is 2. The van der Waals surface area contributed by atoms with Crippen LogP contribution in [-0.4, -0.2) is 37.0 Å². The van der Waals surface area contributed by atoms with E-state index >= 15 is 0 Å². The summed E-state index contributed by atoms with van der Waals surface area (Å²) in [6.07, 6.45) is 4.68. The van der Waals surface area contributed by atoms with Crippen LogP contribution in [0.1, 0.15) is 52.9 Å². The lowest BCUT2D eigenvalue weighted by Crippen LogP contribution is -2.38. The lowest BCUT2D eigenvalue weighted by molar-refractivity contribution is 0.0511. The van der Waals surface area contributed by atoms with Crippen molar-refractivity contribution < 1.29 is 19.1 Å². The zero-order valence-electron chi connectivity index (χ0n) is 12.7. The van der Waals surface area contributed by atoms with Crippen LogP contribution in [0.25, 0.3) is 0 Å². The van der Waals surface area contributed by atoms with Crippen LogP contribution in [0, 0.1) is 0 Å². The summed E-state index contributed by atoms with van der Waals surface area (Å²) in [5.74, 6) is 0. The van der Waals surface area contributed by atoms with Gasteiger partial charge in [-0.15, -0.1) is 0 Å². The highest BCUT2D eigenvalue weighted by Crippen LogP contribution is 2.17. The second kappa shape index (κ2) is 7.97. The first-order valence-electron chi connectivity index (χ1n) is 7.27. The summed E-state index contributed by atoms with van der Waals surface area (Å²) in [4.78, 5) is 22.8. The van der Waals surface area contributed by atoms with Crippen molar-refractivity contribution in [1.82, 2.24) is 10.6 Å². The molecular formula is C14H26N2O4. The molecule has 0 aromatic heterocycles. The van der Waals surface area contributed by atoms with E-state index in [1.807, 2.05) is 0 Å². The molecule has 1 rings (SSSR count). The average Bonchev–Trinajstić information content (AvgIpc) is 2.34. The number of hydrogen-bond acceptors (Lipinski definition) is 4. The molecule has 6 nitrogen and oxygen atoms in total. The van der Waals surface area contributed by atoms with E-state index in [0.29, 0.717) is 0 Å². The van der Waals surface area contributed by atoms with Crippen molar-refractivity contribution >= 4 is 12.2 Å². The van der Waals surface area contributed by atoms with Gasteiger partial charge in [0, 0.05) is 6.04 Å². The summed E-state index contributed by atoms with van der Waals surface area (Å²) in [5, 5.41) is 5.37. The van der Waals surface area contributed by atoms with E-state index in [9.17, 15) is 9.59 Å². The van der Waals surface area contributed by atoms with Crippen LogP contribution in [0.15, 0.2) is 0 Å². The van der Waals surface area contributed by atoms with E-state index in [1.54, 1.807) is 20.8 Å². The molecule has 2 amide bonds. The van der Waals surface area contributed by atoms with Gasteiger partial charge in [-0.3, -0.25) is 0 Å². The first-order chi connectivity index (χ1) is 9.37. The molecule has 1 saturated carbocycles. The zero-order chi connectivity index (χ0) is 15.0. The number of rotatable bonds is 4. The molecule has 0 radical (unpaired) electrons. The highest BCUT2D eigenvalue weighted by molar-refractivity contribution is 5.68. The van der Waals surface area contributed by atoms with Crippen LogP contribution in [-0.2, 0) is 9.47 Å². The van der Waals surface area contributed by atoms with Gasteiger partial charge >= 0.3 is 12.2 Å². The molecule has 0 heterocycles. The van der Waals surface area contributed by atoms with E-state index in [-0.39, 0.29) is 19.2 Å². The second-order valence-electron chi connectivity index (χ2n) is 6.04. The van der Waals surface area contributed by atoms with E-state index in [2.05, 4.69) is 10.6 Å². The van der Waals surface area contributed by atoms with Gasteiger partial charge < -0.3 is 20.1 Å². The summed E-state index contributed by atoms with van der Waals surface area (Å²) < 4.78 is 10.1. The third-order valence-corrected chi connectivity index (χ3v) is 2.93. The molecule has 1 aliphatic carbocycles. The van der Waals surface area contributed by atoms with E-state index in [4.69, 9.17) is 9.47 Å². The SMILES string of the molecule is CC(C)(C)OC(=O)NCCOC(=O)NC1CCCCC1. The summed E-state index contributed by atoms with van der Waals surface area (Å²) in [7, 11) is 0. The minimum absolute atomic E-state index is 0.137. The van der Waals surface area contributed by atoms with Gasteiger partial charge in [-0.05, 0) is 33.6 Å². The number of nitrogens with one attached hydrogen (secondary N) is 2. The molecule has 0 saturated heterocycles. The normalized spacial score (nSPS) is 16.4. The molecule has 2 N–H and O–H groups in total. The molecule has 0 aromatic rings. The molecule has 1 aliphatic rings. The third kappa shape index (κ3) is 7.86. The number of carbonyl (C=O) groups is 2. The molecule has 6 heteroatoms. The van der Waals surface area contributed by atoms with Gasteiger partial charge in [-0.25, -0.2) is 9.59 Å². The van der Waals surface area contributed by atoms with Crippen LogP contribution in [0.4, 0.5) is 9.59 Å². The Bertz CT molecular complexity index is 320. The minimum atomic E-state index is -0.525. The van der Waals surface area contributed by atoms with Gasteiger partial charge in [0.2, 0.25) is 0 Å². The van der Waals surface area contributed by atoms with Gasteiger partial charge in [0.15, 0.2) is 0 Å². The monoisotopic (exact) mass is 286 g/mol. The number of ether oxygens (including phenoxy) is 2. The lowest BCUT2D eigenvalue weighted by Gasteiger charge is -2.22. The van der Waals surface area contributed by atoms with Crippen LogP contribution < -0.4 is 10.6 Å². The Morgan fingerprint density at radius 3 is 2.35 bits per heavy atom. The Hall–Kier alpha value is -1.46. The Balaban J connectivity index is 2.05. The fourth-order valence-electron chi connectivity index (χ4n) is 2.07. The Labute approximate surface area is 120 Å². The molecule has 0 aliphatic heterocycles. The fraction of sp³-hybridized carbons (Fsp3) is 0.857. The van der Waals surface area contributed by atoms with Gasteiger partial charge in [0.25, 0.3) is 0 Å². The maximum absolute atomic E-state index is 11.5. The largest absolute Gasteiger partial charge is 0.448 e. The molecule has 0 bridgehead atoms. The molecule has 0 unspecified atom stereocenters. The van der Waals surface area contributed by atoms with Gasteiger partial charge in [-0.2, -0.15) is 0 Å². The van der Waals surface area contributed by atoms with E-state index < -0.39 is 17.8 Å². The summed E-state index contributed by atoms with van der Waals surface area (Å²) >= 11 is 0. The van der Waals surface area contributed by atoms with E-state index in [0.717, 1.165) is 25.7 Å². The molecule has 20 heavy (non-hydrogen) atoms. The summed E-state index contributed by atoms with van der Waals surface area (Å²) in [6.45, 7) is 5.76. The van der Waals surface area contributed by atoms with Crippen molar-refractivity contribution in [3.63, 3.8) is 0 Å². The number of carbonyl (C=O) groups excluding carboxylic acids is 2. The summed E-state index contributed by atoms with van der Waals surface area (Å²) in [5.41, 5.74) is -0.525. The first kappa shape index (κ1) is 16.6. The molecule has 0 spiro atoms. The van der Waals surface area contributed by atoms with Crippen LogP contribution in [0.2, 0.25) is 0 Å². The van der Waals surface area contributed by atoms with Crippen molar-refractivity contribution in [1.29, 1.82) is 0 Å². The predicted octanol–water partition coefficient (Wildman–Crippen LogP) is 2.57. The Morgan fingerprint density at radius 1 is 1.10 bits per heavy atom. The average molecular weight is 286 g/mol. The fourth-order valence-corrected chi connectivity index (χ4v) is 2.07. The Kier molecular flexibility index (Phi) is 6.61. The van der Waals surface area contributed by atoms with E-state index in [1.165, 1.54) is 6.42 Å². The van der Waals surface area contributed by atoms with Crippen molar-refractivity contribution in [3.8, 4) is 0 Å². The number of amides is 2. The molecular weight excluding hydrogens is 260 g/mol. The highest BCUT2D eigenvalue weighted by Gasteiger charge is 2.17. The molecule has 116 valence electrons. The van der Waals surface area contributed by atoms with Gasteiger partial charge in [0.1, 0.15) is 12.2 Å². The Morgan fingerprint density at radius 2 is 1.75 bits per heavy atom. The van der Waals surface area contributed by atoms with Crippen molar-refractivity contribution in [2.45, 2.75) is 64.5 Å². The maximum Gasteiger partial charge on any atom is 0.407 e. The maximum atomic E-state index is 11.5. The smallest absolute Gasteiger partial charge is 0.407 e. The lowest BCUT2D eigenvalue weighted by atomic mass is 9.96. The third-order valence-electron chi connectivity index (χ3n) is 2.93. The van der Waals surface area contributed by atoms with Crippen LogP contribution in [0.5, 0.6) is 0 Å². The number of alkyl carbamates (subject to hydrolysis) is 2. The van der Waals surface area contributed by atoms with Crippen LogP contribution >= 0.6 is 0 Å². The first-order valence-corrected chi connectivity index (χ1v) is 7.27.